The van der Waals surface area contributed by atoms with Crippen LogP contribution >= 0.6 is 0 Å². The number of pyridine rings is 1. The number of azide groups is 1. The van der Waals surface area contributed by atoms with Crippen molar-refractivity contribution in [3.8, 4) is 6.07 Å². The van der Waals surface area contributed by atoms with Gasteiger partial charge in [-0.25, -0.2) is 4.98 Å². The molecule has 0 radical (unpaired) electrons. The minimum absolute atomic E-state index is 0.0667. The molecule has 0 bridgehead atoms. The second kappa shape index (κ2) is 8.52. The van der Waals surface area contributed by atoms with Gasteiger partial charge in [-0.3, -0.25) is 4.79 Å². The molecule has 2 unspecified atom stereocenters. The molecule has 0 saturated carbocycles. The number of rotatable bonds is 5. The van der Waals surface area contributed by atoms with E-state index < -0.39 is 0 Å². The number of hydrogen-bond acceptors (Lipinski definition) is 6. The maximum Gasteiger partial charge on any atom is 0.225 e. The minimum atomic E-state index is -0.0837. The van der Waals surface area contributed by atoms with Crippen molar-refractivity contribution >= 4 is 11.7 Å². The van der Waals surface area contributed by atoms with Crippen LogP contribution in [0.4, 0.5) is 5.82 Å². The number of carbonyl (C=O) groups excluding carboxylic acids is 1. The summed E-state index contributed by atoms with van der Waals surface area (Å²) in [5.74, 6) is 0.933. The first-order valence-corrected chi connectivity index (χ1v) is 8.75. The number of aromatic nitrogens is 1. The summed E-state index contributed by atoms with van der Waals surface area (Å²) >= 11 is 0. The topological polar surface area (TPSA) is 118 Å². The van der Waals surface area contributed by atoms with Crippen molar-refractivity contribution in [3.05, 3.63) is 34.3 Å². The highest BCUT2D eigenvalue weighted by Crippen LogP contribution is 2.23. The summed E-state index contributed by atoms with van der Waals surface area (Å²) < 4.78 is 5.78. The lowest BCUT2D eigenvalue weighted by Crippen LogP contribution is -2.49. The first-order chi connectivity index (χ1) is 12.7. The van der Waals surface area contributed by atoms with E-state index >= 15 is 0 Å². The van der Waals surface area contributed by atoms with Crippen LogP contribution in [0.1, 0.15) is 24.8 Å². The number of nitrogens with zero attached hydrogens (tertiary/aromatic N) is 7. The van der Waals surface area contributed by atoms with E-state index in [0.717, 1.165) is 31.7 Å². The lowest BCUT2D eigenvalue weighted by atomic mass is 10.1. The predicted molar refractivity (Wildman–Crippen MR) is 94.3 cm³/mol. The van der Waals surface area contributed by atoms with Gasteiger partial charge in [0.1, 0.15) is 11.9 Å². The van der Waals surface area contributed by atoms with Crippen LogP contribution in [0, 0.1) is 11.3 Å². The third kappa shape index (κ3) is 4.42. The number of anilines is 1. The Bertz CT molecular complexity index is 716. The molecule has 9 nitrogen and oxygen atoms in total. The van der Waals surface area contributed by atoms with Gasteiger partial charge in [0.05, 0.1) is 30.7 Å². The van der Waals surface area contributed by atoms with Gasteiger partial charge in [-0.1, -0.05) is 5.11 Å². The van der Waals surface area contributed by atoms with Crippen molar-refractivity contribution in [3.63, 3.8) is 0 Å². The molecule has 26 heavy (non-hydrogen) atoms. The second-order valence-electron chi connectivity index (χ2n) is 6.46. The van der Waals surface area contributed by atoms with Crippen molar-refractivity contribution in [1.82, 2.24) is 9.88 Å². The average Bonchev–Trinajstić information content (AvgIpc) is 3.13. The Morgan fingerprint density at radius 1 is 1.35 bits per heavy atom. The quantitative estimate of drug-likeness (QED) is 0.454. The van der Waals surface area contributed by atoms with Crippen molar-refractivity contribution in [2.75, 3.05) is 37.6 Å². The largest absolute Gasteiger partial charge is 0.374 e. The summed E-state index contributed by atoms with van der Waals surface area (Å²) in [5.41, 5.74) is 8.90. The normalized spacial score (nSPS) is 22.6. The summed E-state index contributed by atoms with van der Waals surface area (Å²) in [6, 6.07) is 5.65. The van der Waals surface area contributed by atoms with E-state index in [0.29, 0.717) is 31.6 Å². The molecular formula is C17H21N7O2. The van der Waals surface area contributed by atoms with E-state index in [2.05, 4.69) is 26.0 Å². The molecule has 2 atom stereocenters. The van der Waals surface area contributed by atoms with Crippen molar-refractivity contribution in [2.45, 2.75) is 31.5 Å². The van der Waals surface area contributed by atoms with E-state index in [1.54, 1.807) is 12.3 Å². The number of carbonyl (C=O) groups is 1. The van der Waals surface area contributed by atoms with Gasteiger partial charge in [0.2, 0.25) is 5.91 Å². The molecule has 9 heteroatoms. The van der Waals surface area contributed by atoms with E-state index in [1.165, 1.54) is 0 Å². The molecule has 3 heterocycles. The van der Waals surface area contributed by atoms with Gasteiger partial charge in [0, 0.05) is 37.3 Å². The zero-order valence-electron chi connectivity index (χ0n) is 14.5. The van der Waals surface area contributed by atoms with Crippen LogP contribution in [0.2, 0.25) is 0 Å². The molecule has 0 N–H and O–H groups in total. The van der Waals surface area contributed by atoms with Crippen LogP contribution < -0.4 is 4.90 Å². The van der Waals surface area contributed by atoms with Gasteiger partial charge < -0.3 is 14.5 Å². The van der Waals surface area contributed by atoms with Crippen LogP contribution in [-0.2, 0) is 9.53 Å². The smallest absolute Gasteiger partial charge is 0.225 e. The highest BCUT2D eigenvalue weighted by Gasteiger charge is 2.29. The van der Waals surface area contributed by atoms with Gasteiger partial charge in [-0.15, -0.1) is 0 Å². The Balaban J connectivity index is 1.45. The minimum Gasteiger partial charge on any atom is -0.374 e. The van der Waals surface area contributed by atoms with Crippen LogP contribution in [0.25, 0.3) is 10.4 Å². The van der Waals surface area contributed by atoms with Gasteiger partial charge in [-0.2, -0.15) is 5.26 Å². The summed E-state index contributed by atoms with van der Waals surface area (Å²) in [6.07, 6.45) is 3.45. The summed E-state index contributed by atoms with van der Waals surface area (Å²) in [7, 11) is 0. The zero-order chi connectivity index (χ0) is 18.4. The van der Waals surface area contributed by atoms with E-state index in [-0.39, 0.29) is 18.1 Å². The van der Waals surface area contributed by atoms with Crippen molar-refractivity contribution < 1.29 is 9.53 Å². The van der Waals surface area contributed by atoms with Crippen LogP contribution in [0.15, 0.2) is 23.4 Å². The first kappa shape index (κ1) is 18.0. The predicted octanol–water partition coefficient (Wildman–Crippen LogP) is 1.85. The molecule has 1 aromatic rings. The third-order valence-electron chi connectivity index (χ3n) is 4.78. The molecule has 0 spiro atoms. The lowest BCUT2D eigenvalue weighted by Gasteiger charge is -2.35. The maximum absolute atomic E-state index is 12.5. The van der Waals surface area contributed by atoms with Crippen LogP contribution in [-0.4, -0.2) is 60.7 Å². The molecule has 2 aliphatic rings. The lowest BCUT2D eigenvalue weighted by molar-refractivity contribution is -0.134. The van der Waals surface area contributed by atoms with E-state index in [1.807, 2.05) is 11.0 Å². The molecule has 1 amide bonds. The number of nitriles is 1. The summed E-state index contributed by atoms with van der Waals surface area (Å²) in [5, 5.41) is 12.4. The molecule has 136 valence electrons. The van der Waals surface area contributed by atoms with E-state index in [4.69, 9.17) is 15.5 Å². The Labute approximate surface area is 151 Å². The number of piperazine rings is 1. The van der Waals surface area contributed by atoms with Gasteiger partial charge in [0.15, 0.2) is 0 Å². The standard InChI is InChI=1S/C17H21N7O2/c18-10-13-1-4-16(20-11-13)23-5-7-24(8-6-23)17(25)9-14-2-3-15(26-14)12-21-22-19/h1,4,11,14-15H,2-3,5-9,12H2. The molecule has 1 aromatic heterocycles. The molecule has 2 fully saturated rings. The molecule has 0 aliphatic carbocycles. The second-order valence-corrected chi connectivity index (χ2v) is 6.46. The molecule has 0 aromatic carbocycles. The Morgan fingerprint density at radius 2 is 2.12 bits per heavy atom. The Morgan fingerprint density at radius 3 is 2.77 bits per heavy atom. The fourth-order valence-electron chi connectivity index (χ4n) is 3.34. The van der Waals surface area contributed by atoms with Gasteiger partial charge in [-0.05, 0) is 30.5 Å². The highest BCUT2D eigenvalue weighted by atomic mass is 16.5. The van der Waals surface area contributed by atoms with Crippen molar-refractivity contribution in [2.24, 2.45) is 5.11 Å². The Hall–Kier alpha value is -2.82. The summed E-state index contributed by atoms with van der Waals surface area (Å²) in [4.78, 5) is 23.5. The summed E-state index contributed by atoms with van der Waals surface area (Å²) in [6.45, 7) is 3.06. The average molecular weight is 355 g/mol. The SMILES string of the molecule is N#Cc1ccc(N2CCN(C(=O)CC3CCC(CN=[N+]=[N-])O3)CC2)nc1. The molecule has 2 aliphatic heterocycles. The number of ether oxygens (including phenoxy) is 1. The van der Waals surface area contributed by atoms with Crippen LogP contribution in [0.3, 0.4) is 0 Å². The highest BCUT2D eigenvalue weighted by molar-refractivity contribution is 5.77. The van der Waals surface area contributed by atoms with E-state index in [9.17, 15) is 4.79 Å². The molecular weight excluding hydrogens is 334 g/mol. The third-order valence-corrected chi connectivity index (χ3v) is 4.78. The first-order valence-electron chi connectivity index (χ1n) is 8.75. The Kier molecular flexibility index (Phi) is 5.89. The molecule has 2 saturated heterocycles. The monoisotopic (exact) mass is 355 g/mol. The zero-order valence-corrected chi connectivity index (χ0v) is 14.5. The number of amides is 1. The maximum atomic E-state index is 12.5. The molecule has 3 rings (SSSR count). The fraction of sp³-hybridized carbons (Fsp3) is 0.588. The number of hydrogen-bond donors (Lipinski definition) is 0. The van der Waals surface area contributed by atoms with Crippen LogP contribution in [0.5, 0.6) is 0 Å². The van der Waals surface area contributed by atoms with Gasteiger partial charge >= 0.3 is 0 Å². The van der Waals surface area contributed by atoms with Gasteiger partial charge in [0.25, 0.3) is 0 Å². The van der Waals surface area contributed by atoms with Crippen molar-refractivity contribution in [1.29, 1.82) is 5.26 Å². The fourth-order valence-corrected chi connectivity index (χ4v) is 3.34.